The van der Waals surface area contributed by atoms with Crippen molar-refractivity contribution in [2.75, 3.05) is 13.7 Å². The van der Waals surface area contributed by atoms with Crippen LogP contribution in [-0.2, 0) is 18.9 Å². The van der Waals surface area contributed by atoms with E-state index in [0.717, 1.165) is 0 Å². The van der Waals surface area contributed by atoms with Gasteiger partial charge in [-0.15, -0.1) is 0 Å². The van der Waals surface area contributed by atoms with E-state index >= 15 is 0 Å². The van der Waals surface area contributed by atoms with E-state index in [1.165, 1.54) is 7.11 Å². The number of esters is 2. The Kier molecular flexibility index (Phi) is 5.88. The number of methoxy groups -OCH3 is 1. The molecule has 0 amide bonds. The Balaban J connectivity index is 1.68. The molecule has 6 heteroatoms. The predicted molar refractivity (Wildman–Crippen MR) is 97.3 cm³/mol. The Hall–Kier alpha value is -2.70. The van der Waals surface area contributed by atoms with Crippen LogP contribution in [0.3, 0.4) is 0 Å². The minimum absolute atomic E-state index is 0.0494. The van der Waals surface area contributed by atoms with Gasteiger partial charge in [0.05, 0.1) is 11.1 Å². The van der Waals surface area contributed by atoms with E-state index in [1.54, 1.807) is 55.5 Å². The lowest BCUT2D eigenvalue weighted by Crippen LogP contribution is -2.43. The summed E-state index contributed by atoms with van der Waals surface area (Å²) in [5.74, 6) is -0.922. The average molecular weight is 370 g/mol. The van der Waals surface area contributed by atoms with Crippen LogP contribution in [0, 0.1) is 0 Å². The van der Waals surface area contributed by atoms with Gasteiger partial charge in [0, 0.05) is 13.5 Å². The van der Waals surface area contributed by atoms with Gasteiger partial charge in [0.15, 0.2) is 6.29 Å². The van der Waals surface area contributed by atoms with Crippen molar-refractivity contribution >= 4 is 11.9 Å². The molecule has 0 radical (unpaired) electrons. The highest BCUT2D eigenvalue weighted by Gasteiger charge is 2.49. The highest BCUT2D eigenvalue weighted by Crippen LogP contribution is 2.35. The Morgan fingerprint density at radius 3 is 2.11 bits per heavy atom. The summed E-state index contributed by atoms with van der Waals surface area (Å²) in [5, 5.41) is 0. The summed E-state index contributed by atoms with van der Waals surface area (Å²) in [7, 11) is 1.52. The van der Waals surface area contributed by atoms with E-state index in [2.05, 4.69) is 0 Å². The van der Waals surface area contributed by atoms with Crippen molar-refractivity contribution in [3.05, 3.63) is 71.8 Å². The fourth-order valence-electron chi connectivity index (χ4n) is 2.95. The third kappa shape index (κ3) is 4.53. The molecule has 1 aliphatic rings. The molecule has 2 aromatic carbocycles. The number of hydrogen-bond acceptors (Lipinski definition) is 6. The predicted octanol–water partition coefficient (Wildman–Crippen LogP) is 3.22. The second kappa shape index (κ2) is 8.33. The van der Waals surface area contributed by atoms with E-state index in [1.807, 2.05) is 12.1 Å². The van der Waals surface area contributed by atoms with Gasteiger partial charge in [0.25, 0.3) is 0 Å². The molecule has 0 saturated carbocycles. The number of rotatable bonds is 6. The summed E-state index contributed by atoms with van der Waals surface area (Å²) < 4.78 is 22.1. The molecular formula is C21H22O6. The number of benzene rings is 2. The van der Waals surface area contributed by atoms with Gasteiger partial charge < -0.3 is 18.9 Å². The van der Waals surface area contributed by atoms with Gasteiger partial charge in [-0.05, 0) is 31.2 Å². The topological polar surface area (TPSA) is 71.1 Å². The fourth-order valence-corrected chi connectivity index (χ4v) is 2.95. The van der Waals surface area contributed by atoms with Gasteiger partial charge in [-0.3, -0.25) is 0 Å². The van der Waals surface area contributed by atoms with Crippen LogP contribution >= 0.6 is 0 Å². The van der Waals surface area contributed by atoms with E-state index < -0.39 is 29.9 Å². The molecule has 6 nitrogen and oxygen atoms in total. The first-order valence-electron chi connectivity index (χ1n) is 8.70. The number of hydrogen-bond donors (Lipinski definition) is 0. The summed E-state index contributed by atoms with van der Waals surface area (Å²) in [6.45, 7) is 1.71. The first-order valence-corrected chi connectivity index (χ1v) is 8.70. The monoisotopic (exact) mass is 370 g/mol. The molecule has 3 atom stereocenters. The lowest BCUT2D eigenvalue weighted by molar-refractivity contribution is -0.135. The van der Waals surface area contributed by atoms with Gasteiger partial charge in [-0.25, -0.2) is 9.59 Å². The molecule has 0 bridgehead atoms. The van der Waals surface area contributed by atoms with Crippen molar-refractivity contribution in [1.82, 2.24) is 0 Å². The molecule has 1 saturated heterocycles. The highest BCUT2D eigenvalue weighted by molar-refractivity contribution is 5.90. The quantitative estimate of drug-likeness (QED) is 0.727. The molecule has 1 aliphatic heterocycles. The van der Waals surface area contributed by atoms with Crippen LogP contribution in [0.1, 0.15) is 34.1 Å². The summed E-state index contributed by atoms with van der Waals surface area (Å²) in [5.41, 5.74) is -0.0914. The van der Waals surface area contributed by atoms with Crippen LogP contribution in [-0.4, -0.2) is 43.7 Å². The Morgan fingerprint density at radius 2 is 1.56 bits per heavy atom. The maximum absolute atomic E-state index is 12.5. The van der Waals surface area contributed by atoms with E-state index in [0.29, 0.717) is 17.5 Å². The van der Waals surface area contributed by atoms with Gasteiger partial charge in [-0.1, -0.05) is 36.4 Å². The molecule has 0 aliphatic carbocycles. The van der Waals surface area contributed by atoms with Crippen LogP contribution in [0.4, 0.5) is 0 Å². The highest BCUT2D eigenvalue weighted by atomic mass is 16.7. The Labute approximate surface area is 158 Å². The zero-order valence-corrected chi connectivity index (χ0v) is 15.3. The van der Waals surface area contributed by atoms with Gasteiger partial charge in [-0.2, -0.15) is 0 Å². The molecule has 27 heavy (non-hydrogen) atoms. The van der Waals surface area contributed by atoms with Crippen molar-refractivity contribution in [3.8, 4) is 0 Å². The Morgan fingerprint density at radius 1 is 1.00 bits per heavy atom. The maximum Gasteiger partial charge on any atom is 0.338 e. The zero-order chi connectivity index (χ0) is 19.3. The van der Waals surface area contributed by atoms with Crippen molar-refractivity contribution in [2.24, 2.45) is 0 Å². The molecule has 3 rings (SSSR count). The maximum atomic E-state index is 12.5. The molecule has 1 fully saturated rings. The van der Waals surface area contributed by atoms with E-state index in [4.69, 9.17) is 18.9 Å². The van der Waals surface area contributed by atoms with Gasteiger partial charge in [0.2, 0.25) is 0 Å². The van der Waals surface area contributed by atoms with Crippen molar-refractivity contribution in [1.29, 1.82) is 0 Å². The van der Waals surface area contributed by atoms with Crippen LogP contribution in [0.5, 0.6) is 0 Å². The lowest BCUT2D eigenvalue weighted by atomic mass is 9.97. The molecule has 1 heterocycles. The van der Waals surface area contributed by atoms with Crippen LogP contribution in [0.25, 0.3) is 0 Å². The number of carbonyl (C=O) groups is 2. The molecule has 0 spiro atoms. The Bertz CT molecular complexity index is 776. The third-order valence-corrected chi connectivity index (χ3v) is 4.54. The molecule has 142 valence electrons. The van der Waals surface area contributed by atoms with Crippen molar-refractivity contribution < 1.29 is 28.5 Å². The van der Waals surface area contributed by atoms with Gasteiger partial charge >= 0.3 is 11.9 Å². The standard InChI is InChI=1S/C21H22O6/c1-21(27-20(23)16-11-7-4-8-12-16)13-18(24-2)26-17(21)14-25-19(22)15-9-5-3-6-10-15/h3-12,17-18H,13-14H2,1-2H3/t17-,18+,21-/m1/s1. The average Bonchev–Trinajstić information content (AvgIpc) is 3.02. The normalized spacial score (nSPS) is 24.4. The molecular weight excluding hydrogens is 348 g/mol. The number of ether oxygens (including phenoxy) is 4. The first-order chi connectivity index (χ1) is 13.0. The largest absolute Gasteiger partial charge is 0.459 e. The minimum Gasteiger partial charge on any atom is -0.459 e. The molecule has 0 aromatic heterocycles. The molecule has 0 unspecified atom stereocenters. The minimum atomic E-state index is -0.982. The van der Waals surface area contributed by atoms with E-state index in [9.17, 15) is 9.59 Å². The lowest BCUT2D eigenvalue weighted by Gasteiger charge is -2.29. The summed E-state index contributed by atoms with van der Waals surface area (Å²) >= 11 is 0. The first kappa shape index (κ1) is 19.1. The van der Waals surface area contributed by atoms with Crippen LogP contribution in [0.15, 0.2) is 60.7 Å². The zero-order valence-electron chi connectivity index (χ0n) is 15.3. The van der Waals surface area contributed by atoms with Crippen LogP contribution < -0.4 is 0 Å². The summed E-state index contributed by atoms with van der Waals surface area (Å²) in [4.78, 5) is 24.7. The second-order valence-corrected chi connectivity index (χ2v) is 6.53. The summed E-state index contributed by atoms with van der Waals surface area (Å²) in [6.07, 6.45) is -0.836. The SMILES string of the molecule is CO[C@@H]1C[C@@](C)(OC(=O)c2ccccc2)[C@@H](COC(=O)c2ccccc2)O1. The molecule has 0 N–H and O–H groups in total. The number of carbonyl (C=O) groups excluding carboxylic acids is 2. The van der Waals surface area contributed by atoms with Gasteiger partial charge in [0.1, 0.15) is 18.3 Å². The van der Waals surface area contributed by atoms with Crippen molar-refractivity contribution in [2.45, 2.75) is 31.3 Å². The molecule has 2 aromatic rings. The van der Waals surface area contributed by atoms with E-state index in [-0.39, 0.29) is 6.61 Å². The fraction of sp³-hybridized carbons (Fsp3) is 0.333. The second-order valence-electron chi connectivity index (χ2n) is 6.53. The van der Waals surface area contributed by atoms with Crippen LogP contribution in [0.2, 0.25) is 0 Å². The smallest absolute Gasteiger partial charge is 0.338 e. The summed E-state index contributed by atoms with van der Waals surface area (Å²) in [6, 6.07) is 17.4. The van der Waals surface area contributed by atoms with Crippen molar-refractivity contribution in [3.63, 3.8) is 0 Å². The third-order valence-electron chi connectivity index (χ3n) is 4.54.